The summed E-state index contributed by atoms with van der Waals surface area (Å²) >= 11 is 0. The highest BCUT2D eigenvalue weighted by Crippen LogP contribution is 2.22. The molecule has 1 aromatic heterocycles. The van der Waals surface area contributed by atoms with Crippen molar-refractivity contribution in [2.75, 3.05) is 7.05 Å². The van der Waals surface area contributed by atoms with Crippen molar-refractivity contribution >= 4 is 0 Å². The van der Waals surface area contributed by atoms with Crippen LogP contribution in [-0.2, 0) is 12.0 Å². The molecule has 3 heteroatoms. The van der Waals surface area contributed by atoms with Crippen molar-refractivity contribution in [2.24, 2.45) is 0 Å². The number of aromatic amines is 1. The molecule has 0 aliphatic rings. The van der Waals surface area contributed by atoms with Crippen LogP contribution in [0.3, 0.4) is 0 Å². The first kappa shape index (κ1) is 12.8. The van der Waals surface area contributed by atoms with Gasteiger partial charge < -0.3 is 10.3 Å². The molecular weight excluding hydrogens is 222 g/mol. The van der Waals surface area contributed by atoms with Gasteiger partial charge >= 0.3 is 0 Å². The van der Waals surface area contributed by atoms with Gasteiger partial charge in [-0.25, -0.2) is 4.98 Å². The Balaban J connectivity index is 2.29. The van der Waals surface area contributed by atoms with Gasteiger partial charge in [0.15, 0.2) is 0 Å². The maximum absolute atomic E-state index is 4.46. The van der Waals surface area contributed by atoms with Gasteiger partial charge in [0.2, 0.25) is 0 Å². The Morgan fingerprint density at radius 3 is 2.44 bits per heavy atom. The number of aryl methyl sites for hydroxylation is 1. The number of imidazole rings is 1. The average molecular weight is 243 g/mol. The number of hydrogen-bond donors (Lipinski definition) is 2. The second kappa shape index (κ2) is 4.94. The van der Waals surface area contributed by atoms with Crippen LogP contribution in [0.25, 0.3) is 11.3 Å². The van der Waals surface area contributed by atoms with Gasteiger partial charge in [-0.3, -0.25) is 0 Å². The van der Waals surface area contributed by atoms with Crippen molar-refractivity contribution in [3.63, 3.8) is 0 Å². The third kappa shape index (κ3) is 2.46. The maximum atomic E-state index is 4.46. The van der Waals surface area contributed by atoms with Gasteiger partial charge in [-0.05, 0) is 38.4 Å². The summed E-state index contributed by atoms with van der Waals surface area (Å²) in [5, 5.41) is 3.25. The highest BCUT2D eigenvalue weighted by molar-refractivity contribution is 5.59. The molecule has 0 fully saturated rings. The van der Waals surface area contributed by atoms with Crippen molar-refractivity contribution in [2.45, 2.75) is 32.7 Å². The van der Waals surface area contributed by atoms with Gasteiger partial charge in [0, 0.05) is 0 Å². The molecule has 18 heavy (non-hydrogen) atoms. The Morgan fingerprint density at radius 2 is 1.89 bits per heavy atom. The summed E-state index contributed by atoms with van der Waals surface area (Å²) < 4.78 is 0. The minimum absolute atomic E-state index is 0.137. The number of aromatic nitrogens is 2. The smallest absolute Gasteiger partial charge is 0.126 e. The minimum atomic E-state index is -0.137. The van der Waals surface area contributed by atoms with Crippen LogP contribution < -0.4 is 5.32 Å². The Hall–Kier alpha value is -1.61. The first-order valence-corrected chi connectivity index (χ1v) is 6.40. The van der Waals surface area contributed by atoms with Crippen LogP contribution in [0, 0.1) is 0 Å². The summed E-state index contributed by atoms with van der Waals surface area (Å²) in [6.07, 6.45) is 2.97. The lowest BCUT2D eigenvalue weighted by Crippen LogP contribution is -2.34. The Labute approximate surface area is 109 Å². The van der Waals surface area contributed by atoms with Crippen molar-refractivity contribution in [1.29, 1.82) is 0 Å². The summed E-state index contributed by atoms with van der Waals surface area (Å²) in [4.78, 5) is 7.84. The highest BCUT2D eigenvalue weighted by Gasteiger charge is 2.21. The van der Waals surface area contributed by atoms with Gasteiger partial charge in [0.05, 0.1) is 17.4 Å². The van der Waals surface area contributed by atoms with Crippen molar-refractivity contribution in [3.05, 3.63) is 41.9 Å². The highest BCUT2D eigenvalue weighted by atomic mass is 15.0. The number of nitrogens with zero attached hydrogens (tertiary/aromatic N) is 1. The summed E-state index contributed by atoms with van der Waals surface area (Å²) in [5.74, 6) is 0.958. The summed E-state index contributed by atoms with van der Waals surface area (Å²) in [7, 11) is 1.94. The van der Waals surface area contributed by atoms with Crippen LogP contribution in [0.4, 0.5) is 0 Å². The van der Waals surface area contributed by atoms with Crippen LogP contribution in [0.15, 0.2) is 30.5 Å². The zero-order chi connectivity index (χ0) is 13.2. The number of benzene rings is 1. The molecule has 0 saturated heterocycles. The molecule has 3 nitrogen and oxygen atoms in total. The molecule has 0 bridgehead atoms. The predicted molar refractivity (Wildman–Crippen MR) is 75.5 cm³/mol. The molecule has 1 heterocycles. The molecule has 1 aromatic carbocycles. The van der Waals surface area contributed by atoms with Crippen molar-refractivity contribution in [1.82, 2.24) is 15.3 Å². The van der Waals surface area contributed by atoms with E-state index in [9.17, 15) is 0 Å². The van der Waals surface area contributed by atoms with E-state index in [1.807, 2.05) is 13.2 Å². The molecule has 2 rings (SSSR count). The maximum Gasteiger partial charge on any atom is 0.126 e. The molecule has 0 atom stereocenters. The van der Waals surface area contributed by atoms with E-state index in [4.69, 9.17) is 0 Å². The van der Waals surface area contributed by atoms with Crippen LogP contribution in [-0.4, -0.2) is 17.0 Å². The number of H-pyrrole nitrogens is 1. The van der Waals surface area contributed by atoms with E-state index in [1.54, 1.807) is 0 Å². The second-order valence-electron chi connectivity index (χ2n) is 5.07. The Bertz CT molecular complexity index is 509. The van der Waals surface area contributed by atoms with Gasteiger partial charge in [-0.15, -0.1) is 0 Å². The lowest BCUT2D eigenvalue weighted by Gasteiger charge is -2.20. The quantitative estimate of drug-likeness (QED) is 0.866. The van der Waals surface area contributed by atoms with E-state index < -0.39 is 0 Å². The Morgan fingerprint density at radius 1 is 1.22 bits per heavy atom. The van der Waals surface area contributed by atoms with Gasteiger partial charge in [0.25, 0.3) is 0 Å². The van der Waals surface area contributed by atoms with E-state index in [0.29, 0.717) is 0 Å². The van der Waals surface area contributed by atoms with E-state index >= 15 is 0 Å². The molecule has 0 aliphatic heterocycles. The number of rotatable bonds is 4. The van der Waals surface area contributed by atoms with Gasteiger partial charge in [0.1, 0.15) is 5.82 Å². The monoisotopic (exact) mass is 243 g/mol. The van der Waals surface area contributed by atoms with E-state index in [2.05, 4.69) is 60.3 Å². The fraction of sp³-hybridized carbons (Fsp3) is 0.400. The van der Waals surface area contributed by atoms with Gasteiger partial charge in [-0.1, -0.05) is 31.2 Å². The fourth-order valence-electron chi connectivity index (χ4n) is 1.82. The average Bonchev–Trinajstić information content (AvgIpc) is 2.89. The lowest BCUT2D eigenvalue weighted by atomic mass is 10.1. The van der Waals surface area contributed by atoms with E-state index in [1.165, 1.54) is 11.1 Å². The molecule has 96 valence electrons. The first-order valence-electron chi connectivity index (χ1n) is 6.40. The SMILES string of the molecule is CCc1ccc(-c2cnc(C(C)(C)NC)[nH]2)cc1. The number of nitrogens with one attached hydrogen (secondary N) is 2. The van der Waals surface area contributed by atoms with Crippen LogP contribution in [0.2, 0.25) is 0 Å². The van der Waals surface area contributed by atoms with Crippen LogP contribution >= 0.6 is 0 Å². The molecule has 0 unspecified atom stereocenters. The predicted octanol–water partition coefficient (Wildman–Crippen LogP) is 3.09. The molecule has 0 aliphatic carbocycles. The molecule has 0 amide bonds. The lowest BCUT2D eigenvalue weighted by molar-refractivity contribution is 0.421. The number of hydrogen-bond acceptors (Lipinski definition) is 2. The Kier molecular flexibility index (Phi) is 3.53. The standard InChI is InChI=1S/C15H21N3/c1-5-11-6-8-12(9-7-11)13-10-17-14(18-13)15(2,3)16-4/h6-10,16H,5H2,1-4H3,(H,17,18). The van der Waals surface area contributed by atoms with Crippen LogP contribution in [0.5, 0.6) is 0 Å². The summed E-state index contributed by atoms with van der Waals surface area (Å²) in [6, 6.07) is 8.61. The first-order chi connectivity index (χ1) is 8.56. The van der Waals surface area contributed by atoms with Crippen LogP contribution in [0.1, 0.15) is 32.2 Å². The molecule has 0 spiro atoms. The third-order valence-electron chi connectivity index (χ3n) is 3.47. The van der Waals surface area contributed by atoms with Gasteiger partial charge in [-0.2, -0.15) is 0 Å². The topological polar surface area (TPSA) is 40.7 Å². The zero-order valence-electron chi connectivity index (χ0n) is 11.5. The van der Waals surface area contributed by atoms with Crippen molar-refractivity contribution in [3.8, 4) is 11.3 Å². The van der Waals surface area contributed by atoms with Crippen molar-refractivity contribution < 1.29 is 0 Å². The molecule has 2 N–H and O–H groups in total. The summed E-state index contributed by atoms with van der Waals surface area (Å²) in [6.45, 7) is 6.38. The molecule has 0 radical (unpaired) electrons. The molecule has 0 saturated carbocycles. The minimum Gasteiger partial charge on any atom is -0.340 e. The molecular formula is C15H21N3. The fourth-order valence-corrected chi connectivity index (χ4v) is 1.82. The summed E-state index contributed by atoms with van der Waals surface area (Å²) in [5.41, 5.74) is 3.46. The van der Waals surface area contributed by atoms with E-state index in [0.717, 1.165) is 17.9 Å². The molecule has 2 aromatic rings. The zero-order valence-corrected chi connectivity index (χ0v) is 11.5. The third-order valence-corrected chi connectivity index (χ3v) is 3.47. The van der Waals surface area contributed by atoms with E-state index in [-0.39, 0.29) is 5.54 Å². The largest absolute Gasteiger partial charge is 0.340 e. The normalized spacial score (nSPS) is 11.8. The second-order valence-corrected chi connectivity index (χ2v) is 5.07.